The van der Waals surface area contributed by atoms with Crippen LogP contribution in [0.3, 0.4) is 0 Å². The van der Waals surface area contributed by atoms with Crippen molar-refractivity contribution in [1.82, 2.24) is 0 Å². The Kier molecular flexibility index (Phi) is 3.19. The highest BCUT2D eigenvalue weighted by Gasteiger charge is 2.37. The molecule has 2 aliphatic heterocycles. The van der Waals surface area contributed by atoms with Crippen LogP contribution in [-0.2, 0) is 16.0 Å². The van der Waals surface area contributed by atoms with Crippen LogP contribution in [0.5, 0.6) is 0 Å². The summed E-state index contributed by atoms with van der Waals surface area (Å²) in [4.78, 5) is 25.1. The third-order valence-electron chi connectivity index (χ3n) is 3.93. The van der Waals surface area contributed by atoms with Gasteiger partial charge in [-0.05, 0) is 30.2 Å². The maximum atomic E-state index is 12.5. The van der Waals surface area contributed by atoms with Gasteiger partial charge < -0.3 is 20.5 Å². The van der Waals surface area contributed by atoms with Crippen LogP contribution in [0.2, 0.25) is 0 Å². The van der Waals surface area contributed by atoms with Gasteiger partial charge >= 0.3 is 5.97 Å². The fraction of sp³-hybridized carbons (Fsp3) is 0.429. The Morgan fingerprint density at radius 3 is 2.80 bits per heavy atom. The molecule has 1 amide bonds. The number of carboxylic acids is 1. The number of carbonyl (C=O) groups excluding carboxylic acids is 1. The molecule has 1 fully saturated rings. The number of fused-ring (bicyclic) bond motifs is 1. The summed E-state index contributed by atoms with van der Waals surface area (Å²) in [5.74, 6) is -1.29. The van der Waals surface area contributed by atoms with Crippen molar-refractivity contribution in [1.29, 1.82) is 0 Å². The molecule has 3 rings (SSSR count). The van der Waals surface area contributed by atoms with Gasteiger partial charge in [0.15, 0.2) is 0 Å². The van der Waals surface area contributed by atoms with E-state index in [1.54, 1.807) is 17.0 Å². The number of ether oxygens (including phenoxy) is 1. The number of amides is 1. The summed E-state index contributed by atoms with van der Waals surface area (Å²) in [7, 11) is 0. The van der Waals surface area contributed by atoms with E-state index in [1.165, 1.54) is 6.07 Å². The summed E-state index contributed by atoms with van der Waals surface area (Å²) in [5.41, 5.74) is 7.82. The van der Waals surface area contributed by atoms with Gasteiger partial charge in [-0.15, -0.1) is 0 Å². The number of aromatic carboxylic acids is 1. The quantitative estimate of drug-likeness (QED) is 0.807. The minimum atomic E-state index is -0.955. The van der Waals surface area contributed by atoms with Crippen LogP contribution in [0, 0.1) is 5.92 Å². The molecule has 2 unspecified atom stereocenters. The highest BCUT2D eigenvalue weighted by atomic mass is 16.5. The molecule has 0 saturated carbocycles. The number of hydrogen-bond donors (Lipinski definition) is 2. The van der Waals surface area contributed by atoms with Crippen molar-refractivity contribution < 1.29 is 19.4 Å². The number of nitrogens with zero attached hydrogens (tertiary/aromatic N) is 1. The third-order valence-corrected chi connectivity index (χ3v) is 3.93. The maximum Gasteiger partial charge on any atom is 0.335 e. The van der Waals surface area contributed by atoms with E-state index in [0.717, 1.165) is 11.3 Å². The van der Waals surface area contributed by atoms with Crippen molar-refractivity contribution in [2.24, 2.45) is 11.7 Å². The first-order valence-corrected chi connectivity index (χ1v) is 6.59. The molecule has 6 nitrogen and oxygen atoms in total. The summed E-state index contributed by atoms with van der Waals surface area (Å²) in [6, 6.07) is 4.60. The van der Waals surface area contributed by atoms with E-state index in [4.69, 9.17) is 15.6 Å². The predicted octanol–water partition coefficient (Wildman–Crippen LogP) is 0.248. The van der Waals surface area contributed by atoms with Crippen molar-refractivity contribution in [2.45, 2.75) is 12.5 Å². The average molecular weight is 276 g/mol. The molecule has 0 bridgehead atoms. The first kappa shape index (κ1) is 13.1. The first-order chi connectivity index (χ1) is 9.58. The standard InChI is InChI=1S/C14H16N2O4/c15-11-7-20-6-10(11)13(17)16-4-3-8-5-9(14(18)19)1-2-12(8)16/h1-2,5,10-11H,3-4,6-7,15H2,(H,18,19). The molecule has 1 aromatic rings. The van der Waals surface area contributed by atoms with Crippen molar-refractivity contribution in [3.63, 3.8) is 0 Å². The molecule has 20 heavy (non-hydrogen) atoms. The number of anilines is 1. The van der Waals surface area contributed by atoms with E-state index in [-0.39, 0.29) is 23.4 Å². The molecule has 0 radical (unpaired) electrons. The van der Waals surface area contributed by atoms with E-state index in [0.29, 0.717) is 26.2 Å². The number of carbonyl (C=O) groups is 2. The van der Waals surface area contributed by atoms with E-state index in [2.05, 4.69) is 0 Å². The Morgan fingerprint density at radius 1 is 1.35 bits per heavy atom. The maximum absolute atomic E-state index is 12.5. The Morgan fingerprint density at radius 2 is 2.15 bits per heavy atom. The molecular formula is C14H16N2O4. The van der Waals surface area contributed by atoms with Gasteiger partial charge in [0.05, 0.1) is 24.7 Å². The summed E-state index contributed by atoms with van der Waals surface area (Å²) in [6.45, 7) is 1.34. The van der Waals surface area contributed by atoms with Crippen LogP contribution in [0.4, 0.5) is 5.69 Å². The predicted molar refractivity (Wildman–Crippen MR) is 71.7 cm³/mol. The lowest BCUT2D eigenvalue weighted by Gasteiger charge is -2.22. The molecule has 3 N–H and O–H groups in total. The summed E-state index contributed by atoms with van der Waals surface area (Å²) < 4.78 is 5.24. The van der Waals surface area contributed by atoms with Gasteiger partial charge in [0.2, 0.25) is 5.91 Å². The topological polar surface area (TPSA) is 92.9 Å². The zero-order valence-corrected chi connectivity index (χ0v) is 10.9. The smallest absolute Gasteiger partial charge is 0.335 e. The first-order valence-electron chi connectivity index (χ1n) is 6.59. The number of carboxylic acid groups (broad SMARTS) is 1. The number of benzene rings is 1. The normalized spacial score (nSPS) is 24.8. The molecule has 2 aliphatic rings. The van der Waals surface area contributed by atoms with Crippen molar-refractivity contribution in [3.05, 3.63) is 29.3 Å². The minimum absolute atomic E-state index is 0.0307. The molecule has 0 aromatic heterocycles. The molecule has 2 heterocycles. The van der Waals surface area contributed by atoms with Gasteiger partial charge in [0.25, 0.3) is 0 Å². The van der Waals surface area contributed by atoms with Gasteiger partial charge in [-0.1, -0.05) is 0 Å². The van der Waals surface area contributed by atoms with Crippen LogP contribution in [0.15, 0.2) is 18.2 Å². The van der Waals surface area contributed by atoms with Crippen molar-refractivity contribution in [3.8, 4) is 0 Å². The minimum Gasteiger partial charge on any atom is -0.478 e. The van der Waals surface area contributed by atoms with E-state index < -0.39 is 5.97 Å². The lowest BCUT2D eigenvalue weighted by molar-refractivity contribution is -0.122. The van der Waals surface area contributed by atoms with Gasteiger partial charge in [0.1, 0.15) is 0 Å². The number of hydrogen-bond acceptors (Lipinski definition) is 4. The Bertz CT molecular complexity index is 572. The third kappa shape index (κ3) is 2.07. The monoisotopic (exact) mass is 276 g/mol. The summed E-state index contributed by atoms with van der Waals surface area (Å²) in [6.07, 6.45) is 0.672. The van der Waals surface area contributed by atoms with Crippen LogP contribution in [-0.4, -0.2) is 42.8 Å². The molecule has 106 valence electrons. The Labute approximate surface area is 116 Å². The van der Waals surface area contributed by atoms with Crippen LogP contribution in [0.1, 0.15) is 15.9 Å². The lowest BCUT2D eigenvalue weighted by Crippen LogP contribution is -2.43. The highest BCUT2D eigenvalue weighted by molar-refractivity contribution is 5.98. The van der Waals surface area contributed by atoms with E-state index in [1.807, 2.05) is 0 Å². The molecule has 1 aromatic carbocycles. The molecule has 0 aliphatic carbocycles. The molecule has 0 spiro atoms. The molecule has 1 saturated heterocycles. The largest absolute Gasteiger partial charge is 0.478 e. The fourth-order valence-corrected chi connectivity index (χ4v) is 2.79. The van der Waals surface area contributed by atoms with Crippen LogP contribution in [0.25, 0.3) is 0 Å². The highest BCUT2D eigenvalue weighted by Crippen LogP contribution is 2.31. The molecular weight excluding hydrogens is 260 g/mol. The van der Waals surface area contributed by atoms with Crippen molar-refractivity contribution >= 4 is 17.6 Å². The zero-order chi connectivity index (χ0) is 14.3. The number of rotatable bonds is 2. The van der Waals surface area contributed by atoms with Gasteiger partial charge in [0, 0.05) is 18.3 Å². The Hall–Kier alpha value is -1.92. The van der Waals surface area contributed by atoms with E-state index >= 15 is 0 Å². The zero-order valence-electron chi connectivity index (χ0n) is 10.9. The second-order valence-corrected chi connectivity index (χ2v) is 5.20. The lowest BCUT2D eigenvalue weighted by atomic mass is 10.0. The molecule has 2 atom stereocenters. The summed E-state index contributed by atoms with van der Waals surface area (Å²) >= 11 is 0. The number of nitrogens with two attached hydrogens (primary N) is 1. The SMILES string of the molecule is NC1COCC1C(=O)N1CCc2cc(C(=O)O)ccc21. The van der Waals surface area contributed by atoms with Gasteiger partial charge in [-0.25, -0.2) is 4.79 Å². The van der Waals surface area contributed by atoms with Crippen LogP contribution >= 0.6 is 0 Å². The second kappa shape index (κ2) is 4.88. The van der Waals surface area contributed by atoms with Crippen LogP contribution < -0.4 is 10.6 Å². The van der Waals surface area contributed by atoms with Gasteiger partial charge in [-0.3, -0.25) is 4.79 Å². The molecule has 6 heteroatoms. The average Bonchev–Trinajstić information content (AvgIpc) is 3.03. The Balaban J connectivity index is 1.86. The summed E-state index contributed by atoms with van der Waals surface area (Å²) in [5, 5.41) is 8.98. The van der Waals surface area contributed by atoms with E-state index in [9.17, 15) is 9.59 Å². The second-order valence-electron chi connectivity index (χ2n) is 5.20. The fourth-order valence-electron chi connectivity index (χ4n) is 2.79. The van der Waals surface area contributed by atoms with Gasteiger partial charge in [-0.2, -0.15) is 0 Å². The van der Waals surface area contributed by atoms with Crippen molar-refractivity contribution in [2.75, 3.05) is 24.7 Å².